The summed E-state index contributed by atoms with van der Waals surface area (Å²) in [6, 6.07) is 5.91. The summed E-state index contributed by atoms with van der Waals surface area (Å²) in [5.74, 6) is 1.64. The third-order valence-corrected chi connectivity index (χ3v) is 3.31. The summed E-state index contributed by atoms with van der Waals surface area (Å²) in [5.41, 5.74) is 0.426. The van der Waals surface area contributed by atoms with Crippen LogP contribution in [0.5, 0.6) is 0 Å². The quantitative estimate of drug-likeness (QED) is 0.218. The monoisotopic (exact) mass is 506 g/mol. The molecule has 0 aliphatic heterocycles. The van der Waals surface area contributed by atoms with Gasteiger partial charge in [-0.2, -0.15) is 0 Å². The van der Waals surface area contributed by atoms with Crippen molar-refractivity contribution in [2.24, 2.45) is 4.99 Å². The molecule has 0 unspecified atom stereocenters. The highest BCUT2D eigenvalue weighted by molar-refractivity contribution is 14.0. The van der Waals surface area contributed by atoms with Crippen LogP contribution in [0.2, 0.25) is 0 Å². The van der Waals surface area contributed by atoms with Gasteiger partial charge in [-0.3, -0.25) is 0 Å². The van der Waals surface area contributed by atoms with Crippen LogP contribution in [0.3, 0.4) is 0 Å². The average Bonchev–Trinajstić information content (AvgIpc) is 2.58. The number of halogens is 1. The Hall–Kier alpha value is -1.78. The van der Waals surface area contributed by atoms with Crippen LogP contribution >= 0.6 is 24.0 Å². The Morgan fingerprint density at radius 2 is 1.86 bits per heavy atom. The van der Waals surface area contributed by atoms with E-state index < -0.39 is 11.7 Å². The van der Waals surface area contributed by atoms with Gasteiger partial charge in [0.2, 0.25) is 0 Å². The molecule has 1 rings (SSSR count). The number of aliphatic imine (C=N–C) groups is 1. The summed E-state index contributed by atoms with van der Waals surface area (Å²) in [4.78, 5) is 22.7. The molecule has 0 fully saturated rings. The Morgan fingerprint density at radius 1 is 1.18 bits per heavy atom. The van der Waals surface area contributed by atoms with E-state index in [0.29, 0.717) is 19.6 Å². The van der Waals surface area contributed by atoms with Crippen LogP contribution in [0.4, 0.5) is 10.6 Å². The van der Waals surface area contributed by atoms with Gasteiger partial charge < -0.3 is 25.6 Å². The molecule has 1 heterocycles. The predicted molar refractivity (Wildman–Crippen MR) is 126 cm³/mol. The van der Waals surface area contributed by atoms with Crippen LogP contribution in [0, 0.1) is 0 Å². The van der Waals surface area contributed by atoms with Crippen LogP contribution in [0.1, 0.15) is 39.8 Å². The maximum Gasteiger partial charge on any atom is 0.407 e. The van der Waals surface area contributed by atoms with Crippen molar-refractivity contribution in [1.82, 2.24) is 20.9 Å². The Balaban J connectivity index is 0.00000729. The average molecular weight is 506 g/mol. The van der Waals surface area contributed by atoms with E-state index in [1.165, 1.54) is 0 Å². The molecule has 0 radical (unpaired) electrons. The molecule has 9 heteroatoms. The fourth-order valence-electron chi connectivity index (χ4n) is 2.11. The van der Waals surface area contributed by atoms with Crippen molar-refractivity contribution in [3.8, 4) is 0 Å². The number of guanidine groups is 1. The number of carbonyl (C=O) groups is 1. The van der Waals surface area contributed by atoms with Gasteiger partial charge in [-0.25, -0.2) is 14.8 Å². The smallest absolute Gasteiger partial charge is 0.407 e. The van der Waals surface area contributed by atoms with E-state index in [4.69, 9.17) is 4.74 Å². The molecule has 3 N–H and O–H groups in total. The van der Waals surface area contributed by atoms with Crippen LogP contribution < -0.4 is 20.9 Å². The number of hydrogen-bond donors (Lipinski definition) is 3. The van der Waals surface area contributed by atoms with Gasteiger partial charge in [0.1, 0.15) is 11.4 Å². The Kier molecular flexibility index (Phi) is 12.6. The summed E-state index contributed by atoms with van der Waals surface area (Å²) in [6.07, 6.45) is 0.368. The SMILES string of the molecule is CCNC(=NCc1cccc(N(C)C)n1)NCCCNC(=O)OC(C)(C)C.I. The molecule has 28 heavy (non-hydrogen) atoms. The van der Waals surface area contributed by atoms with Crippen LogP contribution in [0.25, 0.3) is 0 Å². The molecule has 0 bridgehead atoms. The summed E-state index contributed by atoms with van der Waals surface area (Å²) in [7, 11) is 3.93. The standard InChI is InChI=1S/C19H34N6O2.HI/c1-7-20-17(21-12-9-13-22-18(26)27-19(2,3)4)23-14-15-10-8-11-16(24-15)25(5)6;/h8,10-11H,7,9,12-14H2,1-6H3,(H,22,26)(H2,20,21,23);1H. The normalized spacial score (nSPS) is 11.3. The van der Waals surface area contributed by atoms with Crippen LogP contribution in [0.15, 0.2) is 23.2 Å². The number of hydrogen-bond acceptors (Lipinski definition) is 5. The Bertz CT molecular complexity index is 617. The lowest BCUT2D eigenvalue weighted by molar-refractivity contribution is 0.0527. The fourth-order valence-corrected chi connectivity index (χ4v) is 2.11. The number of nitrogens with zero attached hydrogens (tertiary/aromatic N) is 3. The van der Waals surface area contributed by atoms with E-state index >= 15 is 0 Å². The lowest BCUT2D eigenvalue weighted by atomic mass is 10.2. The summed E-state index contributed by atoms with van der Waals surface area (Å²) in [5, 5.41) is 9.21. The Morgan fingerprint density at radius 3 is 2.46 bits per heavy atom. The Labute approximate surface area is 185 Å². The van der Waals surface area contributed by atoms with Gasteiger partial charge in [0.25, 0.3) is 0 Å². The maximum atomic E-state index is 11.6. The van der Waals surface area contributed by atoms with Gasteiger partial charge in [-0.05, 0) is 46.2 Å². The number of rotatable bonds is 8. The lowest BCUT2D eigenvalue weighted by Crippen LogP contribution is -2.39. The van der Waals surface area contributed by atoms with Gasteiger partial charge in [-0.15, -0.1) is 24.0 Å². The number of nitrogens with one attached hydrogen (secondary N) is 3. The first-order valence-electron chi connectivity index (χ1n) is 9.33. The zero-order chi connectivity index (χ0) is 20.3. The molecule has 0 saturated carbocycles. The van der Waals surface area contributed by atoms with E-state index in [-0.39, 0.29) is 24.0 Å². The summed E-state index contributed by atoms with van der Waals surface area (Å²) >= 11 is 0. The zero-order valence-corrected chi connectivity index (χ0v) is 20.2. The first-order chi connectivity index (χ1) is 12.7. The minimum absolute atomic E-state index is 0. The summed E-state index contributed by atoms with van der Waals surface area (Å²) < 4.78 is 5.20. The van der Waals surface area contributed by atoms with E-state index in [2.05, 4.69) is 25.9 Å². The van der Waals surface area contributed by atoms with Gasteiger partial charge in [-0.1, -0.05) is 6.07 Å². The fraction of sp³-hybridized carbons (Fsp3) is 0.632. The molecule has 0 saturated heterocycles. The molecule has 1 aromatic heterocycles. The van der Waals surface area contributed by atoms with Crippen LogP contribution in [-0.4, -0.2) is 56.4 Å². The third kappa shape index (κ3) is 11.8. The predicted octanol–water partition coefficient (Wildman–Crippen LogP) is 2.74. The van der Waals surface area contributed by atoms with Crippen molar-refractivity contribution >= 4 is 41.8 Å². The highest BCUT2D eigenvalue weighted by Gasteiger charge is 2.15. The number of amides is 1. The van der Waals surface area contributed by atoms with E-state index in [0.717, 1.165) is 30.4 Å². The number of anilines is 1. The highest BCUT2D eigenvalue weighted by atomic mass is 127. The number of aromatic nitrogens is 1. The van der Waals surface area contributed by atoms with E-state index in [1.54, 1.807) is 0 Å². The third-order valence-electron chi connectivity index (χ3n) is 3.31. The second-order valence-corrected chi connectivity index (χ2v) is 7.29. The number of alkyl carbamates (subject to hydrolysis) is 1. The van der Waals surface area contributed by atoms with Gasteiger partial charge in [0, 0.05) is 33.7 Å². The van der Waals surface area contributed by atoms with E-state index in [9.17, 15) is 4.79 Å². The zero-order valence-electron chi connectivity index (χ0n) is 17.8. The number of carbonyl (C=O) groups excluding carboxylic acids is 1. The van der Waals surface area contributed by atoms with Crippen molar-refractivity contribution in [2.45, 2.75) is 46.3 Å². The first-order valence-corrected chi connectivity index (χ1v) is 9.33. The first kappa shape index (κ1) is 26.2. The van der Waals surface area contributed by atoms with Crippen molar-refractivity contribution in [2.75, 3.05) is 38.6 Å². The lowest BCUT2D eigenvalue weighted by Gasteiger charge is -2.19. The van der Waals surface area contributed by atoms with Gasteiger partial charge >= 0.3 is 6.09 Å². The maximum absolute atomic E-state index is 11.6. The molecule has 0 aliphatic carbocycles. The molecule has 0 aliphatic rings. The minimum atomic E-state index is -0.481. The number of ether oxygens (including phenoxy) is 1. The second kappa shape index (κ2) is 13.4. The molecule has 8 nitrogen and oxygen atoms in total. The molecule has 1 amide bonds. The topological polar surface area (TPSA) is 90.9 Å². The molecule has 0 atom stereocenters. The molecule has 0 spiro atoms. The molecule has 1 aromatic rings. The van der Waals surface area contributed by atoms with Gasteiger partial charge in [0.05, 0.1) is 12.2 Å². The second-order valence-electron chi connectivity index (χ2n) is 7.29. The molecular weight excluding hydrogens is 471 g/mol. The van der Waals surface area contributed by atoms with Crippen molar-refractivity contribution in [1.29, 1.82) is 0 Å². The van der Waals surface area contributed by atoms with E-state index in [1.807, 2.05) is 64.9 Å². The van der Waals surface area contributed by atoms with Crippen molar-refractivity contribution in [3.63, 3.8) is 0 Å². The van der Waals surface area contributed by atoms with Crippen LogP contribution in [-0.2, 0) is 11.3 Å². The molecule has 0 aromatic carbocycles. The minimum Gasteiger partial charge on any atom is -0.444 e. The molecule has 160 valence electrons. The number of pyridine rings is 1. The highest BCUT2D eigenvalue weighted by Crippen LogP contribution is 2.08. The van der Waals surface area contributed by atoms with Crippen molar-refractivity contribution < 1.29 is 9.53 Å². The summed E-state index contributed by atoms with van der Waals surface area (Å²) in [6.45, 7) is 10.0. The van der Waals surface area contributed by atoms with Gasteiger partial charge in [0.15, 0.2) is 5.96 Å². The largest absolute Gasteiger partial charge is 0.444 e. The van der Waals surface area contributed by atoms with Crippen molar-refractivity contribution in [3.05, 3.63) is 23.9 Å². The molecular formula is C19H35IN6O2.